The highest BCUT2D eigenvalue weighted by Gasteiger charge is 2.25. The fraction of sp³-hybridized carbons (Fsp3) is 0.474. The minimum Gasteiger partial charge on any atom is -0.487 e. The summed E-state index contributed by atoms with van der Waals surface area (Å²) in [5.74, 6) is 1.57. The molecule has 1 heterocycles. The molecule has 0 spiro atoms. The van der Waals surface area contributed by atoms with Crippen molar-refractivity contribution in [2.45, 2.75) is 45.3 Å². The molecule has 1 aromatic heterocycles. The molecule has 0 bridgehead atoms. The Balaban J connectivity index is 1.63. The number of hydrogen-bond donors (Lipinski definition) is 0. The van der Waals surface area contributed by atoms with E-state index < -0.39 is 0 Å². The molecule has 0 radical (unpaired) electrons. The molecule has 5 heteroatoms. The highest BCUT2D eigenvalue weighted by Crippen LogP contribution is 2.27. The van der Waals surface area contributed by atoms with Crippen molar-refractivity contribution >= 4 is 17.2 Å². The number of aromatic nitrogens is 1. The predicted molar refractivity (Wildman–Crippen MR) is 96.4 cm³/mol. The summed E-state index contributed by atoms with van der Waals surface area (Å²) in [5, 5.41) is 1.97. The first-order chi connectivity index (χ1) is 11.6. The van der Waals surface area contributed by atoms with Crippen molar-refractivity contribution in [2.24, 2.45) is 5.92 Å². The first-order valence-electron chi connectivity index (χ1n) is 8.50. The zero-order valence-corrected chi connectivity index (χ0v) is 15.1. The number of ether oxygens (including phenoxy) is 1. The van der Waals surface area contributed by atoms with Gasteiger partial charge in [-0.05, 0) is 49.8 Å². The molecule has 1 fully saturated rings. The molecule has 1 aliphatic carbocycles. The lowest BCUT2D eigenvalue weighted by Gasteiger charge is -2.33. The number of rotatable bonds is 5. The topological polar surface area (TPSA) is 42.4 Å². The van der Waals surface area contributed by atoms with Gasteiger partial charge in [-0.2, -0.15) is 0 Å². The normalized spacial score (nSPS) is 20.6. The number of thiazole rings is 1. The molecule has 1 saturated carbocycles. The van der Waals surface area contributed by atoms with Crippen molar-refractivity contribution < 1.29 is 9.53 Å². The maximum atomic E-state index is 12.8. The smallest absolute Gasteiger partial charge is 0.253 e. The van der Waals surface area contributed by atoms with E-state index in [4.69, 9.17) is 4.74 Å². The second kappa shape index (κ2) is 7.79. The first-order valence-corrected chi connectivity index (χ1v) is 9.45. The predicted octanol–water partition coefficient (Wildman–Crippen LogP) is 4.37. The molecule has 2 aromatic rings. The lowest BCUT2D eigenvalue weighted by atomic mass is 9.86. The number of carbonyl (C=O) groups is 1. The first kappa shape index (κ1) is 17.0. The van der Waals surface area contributed by atoms with Gasteiger partial charge in [0.25, 0.3) is 5.91 Å². The van der Waals surface area contributed by atoms with E-state index in [-0.39, 0.29) is 5.91 Å². The Labute approximate surface area is 147 Å². The Morgan fingerprint density at radius 1 is 1.33 bits per heavy atom. The third-order valence-corrected chi connectivity index (χ3v) is 5.44. The second-order valence-corrected chi connectivity index (χ2v) is 7.34. The summed E-state index contributed by atoms with van der Waals surface area (Å²) in [6.45, 7) is 2.72. The lowest BCUT2D eigenvalue weighted by molar-refractivity contribution is 0.0679. The SMILES string of the molecule is CC1CCC(N(C)C(=O)c2cccc(OCc3cscn3)c2)CC1. The zero-order valence-electron chi connectivity index (χ0n) is 14.3. The molecule has 0 N–H and O–H groups in total. The summed E-state index contributed by atoms with van der Waals surface area (Å²) in [6.07, 6.45) is 4.62. The van der Waals surface area contributed by atoms with E-state index in [0.717, 1.165) is 24.5 Å². The van der Waals surface area contributed by atoms with Crippen LogP contribution in [0.3, 0.4) is 0 Å². The van der Waals surface area contributed by atoms with Crippen molar-refractivity contribution in [2.75, 3.05) is 7.05 Å². The van der Waals surface area contributed by atoms with E-state index in [1.807, 2.05) is 41.6 Å². The van der Waals surface area contributed by atoms with Gasteiger partial charge in [0, 0.05) is 24.0 Å². The van der Waals surface area contributed by atoms with Crippen molar-refractivity contribution in [1.29, 1.82) is 0 Å². The Hall–Kier alpha value is -1.88. The van der Waals surface area contributed by atoms with Crippen LogP contribution in [0.15, 0.2) is 35.2 Å². The van der Waals surface area contributed by atoms with Crippen LogP contribution in [0.1, 0.15) is 48.7 Å². The summed E-state index contributed by atoms with van der Waals surface area (Å²) >= 11 is 1.55. The molecule has 4 nitrogen and oxygen atoms in total. The van der Waals surface area contributed by atoms with Gasteiger partial charge in [0.1, 0.15) is 12.4 Å². The van der Waals surface area contributed by atoms with Crippen molar-refractivity contribution in [3.8, 4) is 5.75 Å². The summed E-state index contributed by atoms with van der Waals surface area (Å²) in [5.41, 5.74) is 3.38. The Morgan fingerprint density at radius 3 is 2.83 bits per heavy atom. The molecule has 1 aromatic carbocycles. The van der Waals surface area contributed by atoms with E-state index in [1.165, 1.54) is 12.8 Å². The highest BCUT2D eigenvalue weighted by atomic mass is 32.1. The molecule has 0 unspecified atom stereocenters. The maximum absolute atomic E-state index is 12.8. The van der Waals surface area contributed by atoms with E-state index in [1.54, 1.807) is 16.8 Å². The van der Waals surface area contributed by atoms with Gasteiger partial charge in [0.15, 0.2) is 0 Å². The molecular weight excluding hydrogens is 320 g/mol. The van der Waals surface area contributed by atoms with Gasteiger partial charge in [-0.25, -0.2) is 4.98 Å². The zero-order chi connectivity index (χ0) is 16.9. The Bertz CT molecular complexity index is 664. The van der Waals surface area contributed by atoms with E-state index in [9.17, 15) is 4.79 Å². The van der Waals surface area contributed by atoms with E-state index in [0.29, 0.717) is 24.0 Å². The highest BCUT2D eigenvalue weighted by molar-refractivity contribution is 7.07. The number of benzene rings is 1. The quantitative estimate of drug-likeness (QED) is 0.809. The molecule has 3 rings (SSSR count). The Morgan fingerprint density at radius 2 is 2.12 bits per heavy atom. The van der Waals surface area contributed by atoms with Gasteiger partial charge in [-0.15, -0.1) is 11.3 Å². The van der Waals surface area contributed by atoms with Crippen LogP contribution in [0.25, 0.3) is 0 Å². The van der Waals surface area contributed by atoms with Crippen LogP contribution in [0.2, 0.25) is 0 Å². The minimum absolute atomic E-state index is 0.0775. The molecule has 0 saturated heterocycles. The van der Waals surface area contributed by atoms with Gasteiger partial charge in [-0.3, -0.25) is 4.79 Å². The summed E-state index contributed by atoms with van der Waals surface area (Å²) in [7, 11) is 1.92. The fourth-order valence-corrected chi connectivity index (χ4v) is 3.73. The maximum Gasteiger partial charge on any atom is 0.253 e. The molecular formula is C19H24N2O2S. The summed E-state index contributed by atoms with van der Waals surface area (Å²) < 4.78 is 5.75. The molecule has 24 heavy (non-hydrogen) atoms. The molecule has 1 amide bonds. The van der Waals surface area contributed by atoms with Crippen LogP contribution in [-0.2, 0) is 6.61 Å². The van der Waals surface area contributed by atoms with Gasteiger partial charge in [0.2, 0.25) is 0 Å². The van der Waals surface area contributed by atoms with Crippen molar-refractivity contribution in [1.82, 2.24) is 9.88 Å². The number of carbonyl (C=O) groups excluding carboxylic acids is 1. The van der Waals surface area contributed by atoms with Crippen LogP contribution in [0.4, 0.5) is 0 Å². The molecule has 128 valence electrons. The standard InChI is InChI=1S/C19H24N2O2S/c1-14-6-8-17(9-7-14)21(2)19(22)15-4-3-5-18(10-15)23-11-16-12-24-13-20-16/h3-5,10,12-14,17H,6-9,11H2,1-2H3. The van der Waals surface area contributed by atoms with Crippen LogP contribution in [-0.4, -0.2) is 28.9 Å². The monoisotopic (exact) mass is 344 g/mol. The van der Waals surface area contributed by atoms with Crippen LogP contribution >= 0.6 is 11.3 Å². The summed E-state index contributed by atoms with van der Waals surface area (Å²) in [6, 6.07) is 7.80. The van der Waals surface area contributed by atoms with Gasteiger partial charge in [0.05, 0.1) is 11.2 Å². The van der Waals surface area contributed by atoms with E-state index >= 15 is 0 Å². The third kappa shape index (κ3) is 4.15. The largest absolute Gasteiger partial charge is 0.487 e. The average molecular weight is 344 g/mol. The minimum atomic E-state index is 0.0775. The molecule has 1 aliphatic rings. The number of amides is 1. The van der Waals surface area contributed by atoms with Crippen molar-refractivity contribution in [3.63, 3.8) is 0 Å². The number of hydrogen-bond acceptors (Lipinski definition) is 4. The lowest BCUT2D eigenvalue weighted by Crippen LogP contribution is -2.39. The third-order valence-electron chi connectivity index (χ3n) is 4.80. The number of nitrogens with zero attached hydrogens (tertiary/aromatic N) is 2. The van der Waals surface area contributed by atoms with Crippen molar-refractivity contribution in [3.05, 3.63) is 46.4 Å². The molecule has 0 aliphatic heterocycles. The van der Waals surface area contributed by atoms with Gasteiger partial charge in [-0.1, -0.05) is 13.0 Å². The molecule has 0 atom stereocenters. The van der Waals surface area contributed by atoms with Gasteiger partial charge < -0.3 is 9.64 Å². The van der Waals surface area contributed by atoms with Gasteiger partial charge >= 0.3 is 0 Å². The average Bonchev–Trinajstić information content (AvgIpc) is 3.13. The second-order valence-electron chi connectivity index (χ2n) is 6.63. The fourth-order valence-electron chi connectivity index (χ4n) is 3.18. The van der Waals surface area contributed by atoms with Crippen LogP contribution in [0, 0.1) is 5.92 Å². The summed E-state index contributed by atoms with van der Waals surface area (Å²) in [4.78, 5) is 18.9. The van der Waals surface area contributed by atoms with Crippen LogP contribution in [0.5, 0.6) is 5.75 Å². The Kier molecular flexibility index (Phi) is 5.51. The van der Waals surface area contributed by atoms with Crippen LogP contribution < -0.4 is 4.74 Å². The van der Waals surface area contributed by atoms with E-state index in [2.05, 4.69) is 11.9 Å².